The van der Waals surface area contributed by atoms with Crippen LogP contribution in [0, 0.1) is 19.8 Å². The molecule has 2 rings (SSSR count). The van der Waals surface area contributed by atoms with E-state index in [0.717, 1.165) is 43.6 Å². The number of aromatic nitrogens is 2. The van der Waals surface area contributed by atoms with E-state index in [9.17, 15) is 0 Å². The molecule has 5 heteroatoms. The van der Waals surface area contributed by atoms with Gasteiger partial charge in [-0.3, -0.25) is 9.67 Å². The Labute approximate surface area is 141 Å². The molecule has 0 bridgehead atoms. The van der Waals surface area contributed by atoms with E-state index >= 15 is 0 Å². The summed E-state index contributed by atoms with van der Waals surface area (Å²) in [6.45, 7) is 7.05. The molecule has 5 nitrogen and oxygen atoms in total. The maximum absolute atomic E-state index is 4.49. The Balaban J connectivity index is 1.58. The lowest BCUT2D eigenvalue weighted by Gasteiger charge is -2.22. The molecule has 0 spiro atoms. The molecule has 0 saturated heterocycles. The molecule has 0 unspecified atom stereocenters. The van der Waals surface area contributed by atoms with Gasteiger partial charge in [-0.1, -0.05) is 32.1 Å². The molecule has 1 heterocycles. The minimum absolute atomic E-state index is 0.917. The van der Waals surface area contributed by atoms with Gasteiger partial charge in [0.15, 0.2) is 5.96 Å². The van der Waals surface area contributed by atoms with Crippen LogP contribution in [0.2, 0.25) is 0 Å². The van der Waals surface area contributed by atoms with E-state index in [2.05, 4.69) is 38.4 Å². The van der Waals surface area contributed by atoms with Gasteiger partial charge >= 0.3 is 0 Å². The van der Waals surface area contributed by atoms with Crippen molar-refractivity contribution < 1.29 is 0 Å². The second kappa shape index (κ2) is 9.58. The molecule has 0 atom stereocenters. The summed E-state index contributed by atoms with van der Waals surface area (Å²) in [5, 5.41) is 11.3. The average Bonchev–Trinajstić information content (AvgIpc) is 2.88. The van der Waals surface area contributed by atoms with E-state index in [0.29, 0.717) is 0 Å². The molecule has 1 saturated carbocycles. The van der Waals surface area contributed by atoms with E-state index in [-0.39, 0.29) is 0 Å². The zero-order valence-electron chi connectivity index (χ0n) is 15.1. The third kappa shape index (κ3) is 6.24. The van der Waals surface area contributed by atoms with Crippen molar-refractivity contribution in [3.63, 3.8) is 0 Å². The highest BCUT2D eigenvalue weighted by Crippen LogP contribution is 2.25. The molecule has 1 aromatic rings. The molecule has 2 N–H and O–H groups in total. The Morgan fingerprint density at radius 3 is 2.61 bits per heavy atom. The van der Waals surface area contributed by atoms with Crippen LogP contribution < -0.4 is 10.6 Å². The van der Waals surface area contributed by atoms with Crippen LogP contribution in [0.4, 0.5) is 0 Å². The predicted molar refractivity (Wildman–Crippen MR) is 96.9 cm³/mol. The number of hydrogen-bond donors (Lipinski definition) is 2. The van der Waals surface area contributed by atoms with Gasteiger partial charge in [-0.15, -0.1) is 0 Å². The van der Waals surface area contributed by atoms with E-state index in [4.69, 9.17) is 0 Å². The largest absolute Gasteiger partial charge is 0.356 e. The molecule has 0 radical (unpaired) electrons. The maximum atomic E-state index is 4.49. The van der Waals surface area contributed by atoms with Crippen molar-refractivity contribution in [1.82, 2.24) is 20.4 Å². The zero-order valence-corrected chi connectivity index (χ0v) is 15.1. The molecular weight excluding hydrogens is 286 g/mol. The van der Waals surface area contributed by atoms with Gasteiger partial charge in [0, 0.05) is 32.4 Å². The van der Waals surface area contributed by atoms with Crippen LogP contribution in [0.5, 0.6) is 0 Å². The van der Waals surface area contributed by atoms with Crippen LogP contribution in [0.3, 0.4) is 0 Å². The van der Waals surface area contributed by atoms with Crippen molar-refractivity contribution in [2.45, 2.75) is 65.3 Å². The number of nitrogens with zero attached hydrogens (tertiary/aromatic N) is 3. The smallest absolute Gasteiger partial charge is 0.190 e. The summed E-state index contributed by atoms with van der Waals surface area (Å²) in [5.74, 6) is 1.84. The van der Waals surface area contributed by atoms with Gasteiger partial charge in [0.25, 0.3) is 0 Å². The summed E-state index contributed by atoms with van der Waals surface area (Å²) >= 11 is 0. The van der Waals surface area contributed by atoms with Crippen LogP contribution in [0.25, 0.3) is 0 Å². The summed E-state index contributed by atoms with van der Waals surface area (Å²) in [6.07, 6.45) is 9.42. The fourth-order valence-corrected chi connectivity index (χ4v) is 3.43. The topological polar surface area (TPSA) is 54.2 Å². The first kappa shape index (κ1) is 17.8. The van der Waals surface area contributed by atoms with Gasteiger partial charge < -0.3 is 10.6 Å². The predicted octanol–water partition coefficient (Wildman–Crippen LogP) is 3.03. The fraction of sp³-hybridized carbons (Fsp3) is 0.778. The lowest BCUT2D eigenvalue weighted by molar-refractivity contribution is 0.339. The molecule has 1 aliphatic rings. The average molecular weight is 319 g/mol. The SMILES string of the molecule is CN=C(NCCCn1nc(C)cc1C)NCCC1CCCCC1. The van der Waals surface area contributed by atoms with Crippen molar-refractivity contribution in [2.75, 3.05) is 20.1 Å². The molecule has 1 fully saturated rings. The normalized spacial score (nSPS) is 16.6. The number of rotatable bonds is 7. The third-order valence-corrected chi connectivity index (χ3v) is 4.74. The Morgan fingerprint density at radius 2 is 1.96 bits per heavy atom. The van der Waals surface area contributed by atoms with Crippen molar-refractivity contribution >= 4 is 5.96 Å². The van der Waals surface area contributed by atoms with Crippen LogP contribution in [-0.4, -0.2) is 35.9 Å². The molecular formula is C18H33N5. The van der Waals surface area contributed by atoms with Crippen LogP contribution >= 0.6 is 0 Å². The molecule has 0 aliphatic heterocycles. The number of guanidine groups is 1. The van der Waals surface area contributed by atoms with Gasteiger partial charge in [-0.05, 0) is 38.7 Å². The van der Waals surface area contributed by atoms with Crippen LogP contribution in [0.15, 0.2) is 11.1 Å². The summed E-state index contributed by atoms with van der Waals surface area (Å²) in [7, 11) is 1.84. The minimum atomic E-state index is 0.917. The first-order valence-corrected chi connectivity index (χ1v) is 9.14. The number of aryl methyl sites for hydroxylation is 3. The molecule has 1 aliphatic carbocycles. The maximum Gasteiger partial charge on any atom is 0.190 e. The highest BCUT2D eigenvalue weighted by atomic mass is 15.3. The summed E-state index contributed by atoms with van der Waals surface area (Å²) in [4.78, 5) is 4.31. The molecule has 23 heavy (non-hydrogen) atoms. The summed E-state index contributed by atoms with van der Waals surface area (Å²) in [6, 6.07) is 2.12. The molecule has 130 valence electrons. The van der Waals surface area contributed by atoms with Crippen molar-refractivity contribution in [2.24, 2.45) is 10.9 Å². The van der Waals surface area contributed by atoms with Gasteiger partial charge in [0.2, 0.25) is 0 Å². The highest BCUT2D eigenvalue weighted by molar-refractivity contribution is 5.79. The summed E-state index contributed by atoms with van der Waals surface area (Å²) < 4.78 is 2.08. The molecule has 0 amide bonds. The number of aliphatic imine (C=N–C) groups is 1. The first-order valence-electron chi connectivity index (χ1n) is 9.14. The van der Waals surface area contributed by atoms with E-state index in [1.807, 2.05) is 14.0 Å². The van der Waals surface area contributed by atoms with E-state index < -0.39 is 0 Å². The lowest BCUT2D eigenvalue weighted by Crippen LogP contribution is -2.39. The van der Waals surface area contributed by atoms with Gasteiger partial charge in [-0.25, -0.2) is 0 Å². The van der Waals surface area contributed by atoms with Gasteiger partial charge in [-0.2, -0.15) is 5.10 Å². The Kier molecular flexibility index (Phi) is 7.43. The number of nitrogens with one attached hydrogen (secondary N) is 2. The monoisotopic (exact) mass is 319 g/mol. The standard InChI is InChI=1S/C18H33N5/c1-15-14-16(2)23(22-15)13-7-11-20-18(19-3)21-12-10-17-8-5-4-6-9-17/h14,17H,4-13H2,1-3H3,(H2,19,20,21). The van der Waals surface area contributed by atoms with Crippen LogP contribution in [-0.2, 0) is 6.54 Å². The quantitative estimate of drug-likeness (QED) is 0.461. The third-order valence-electron chi connectivity index (χ3n) is 4.74. The molecule has 0 aromatic carbocycles. The zero-order chi connectivity index (χ0) is 16.5. The van der Waals surface area contributed by atoms with Crippen molar-refractivity contribution in [1.29, 1.82) is 0 Å². The highest BCUT2D eigenvalue weighted by Gasteiger charge is 2.12. The minimum Gasteiger partial charge on any atom is -0.356 e. The number of hydrogen-bond acceptors (Lipinski definition) is 2. The second-order valence-electron chi connectivity index (χ2n) is 6.72. The van der Waals surface area contributed by atoms with Gasteiger partial charge in [0.05, 0.1) is 5.69 Å². The Morgan fingerprint density at radius 1 is 1.22 bits per heavy atom. The second-order valence-corrected chi connectivity index (χ2v) is 6.72. The Hall–Kier alpha value is -1.52. The molecule has 1 aromatic heterocycles. The first-order chi connectivity index (χ1) is 11.2. The fourth-order valence-electron chi connectivity index (χ4n) is 3.43. The summed E-state index contributed by atoms with van der Waals surface area (Å²) in [5.41, 5.74) is 2.33. The van der Waals surface area contributed by atoms with Crippen molar-refractivity contribution in [3.8, 4) is 0 Å². The van der Waals surface area contributed by atoms with Gasteiger partial charge in [0.1, 0.15) is 0 Å². The van der Waals surface area contributed by atoms with Crippen LogP contribution in [0.1, 0.15) is 56.3 Å². The Bertz CT molecular complexity index is 486. The lowest BCUT2D eigenvalue weighted by atomic mass is 9.87. The van der Waals surface area contributed by atoms with E-state index in [1.54, 1.807) is 0 Å². The van der Waals surface area contributed by atoms with Crippen molar-refractivity contribution in [3.05, 3.63) is 17.5 Å². The van der Waals surface area contributed by atoms with E-state index in [1.165, 1.54) is 44.2 Å².